The van der Waals surface area contributed by atoms with Gasteiger partial charge in [-0.15, -0.1) is 0 Å². The van der Waals surface area contributed by atoms with E-state index in [0.717, 1.165) is 6.07 Å². The lowest BCUT2D eigenvalue weighted by Gasteiger charge is -2.13. The van der Waals surface area contributed by atoms with E-state index in [4.69, 9.17) is 5.11 Å². The molecule has 1 aliphatic heterocycles. The minimum absolute atomic E-state index is 0.177. The SMILES string of the molecule is O=C(N[C@@H]1CCN(C(=O)O)C1)c1ccnc(F)c1. The zero-order valence-corrected chi connectivity index (χ0v) is 9.47. The van der Waals surface area contributed by atoms with Crippen molar-refractivity contribution in [3.63, 3.8) is 0 Å². The van der Waals surface area contributed by atoms with Crippen LogP contribution in [-0.4, -0.2) is 46.1 Å². The largest absolute Gasteiger partial charge is 0.465 e. The van der Waals surface area contributed by atoms with E-state index in [0.29, 0.717) is 13.0 Å². The molecule has 0 aromatic carbocycles. The zero-order chi connectivity index (χ0) is 13.1. The summed E-state index contributed by atoms with van der Waals surface area (Å²) in [6.45, 7) is 0.652. The Bertz CT molecular complexity index is 480. The van der Waals surface area contributed by atoms with Crippen LogP contribution in [0.15, 0.2) is 18.3 Å². The Morgan fingerprint density at radius 2 is 2.33 bits per heavy atom. The van der Waals surface area contributed by atoms with Crippen molar-refractivity contribution < 1.29 is 19.1 Å². The van der Waals surface area contributed by atoms with Crippen LogP contribution < -0.4 is 5.32 Å². The number of likely N-dealkylation sites (tertiary alicyclic amines) is 1. The number of carbonyl (C=O) groups is 2. The summed E-state index contributed by atoms with van der Waals surface area (Å²) in [5.41, 5.74) is 0.177. The van der Waals surface area contributed by atoms with Crippen molar-refractivity contribution >= 4 is 12.0 Å². The Kier molecular flexibility index (Phi) is 3.40. The lowest BCUT2D eigenvalue weighted by atomic mass is 10.2. The molecule has 0 bridgehead atoms. The van der Waals surface area contributed by atoms with Gasteiger partial charge < -0.3 is 15.3 Å². The van der Waals surface area contributed by atoms with E-state index < -0.39 is 17.9 Å². The third-order valence-corrected chi connectivity index (χ3v) is 2.78. The molecule has 1 aromatic rings. The molecule has 1 aliphatic rings. The highest BCUT2D eigenvalue weighted by atomic mass is 19.1. The molecule has 96 valence electrons. The first-order valence-corrected chi connectivity index (χ1v) is 5.46. The van der Waals surface area contributed by atoms with Gasteiger partial charge in [0.1, 0.15) is 0 Å². The first-order valence-electron chi connectivity index (χ1n) is 5.46. The van der Waals surface area contributed by atoms with E-state index in [1.807, 2.05) is 0 Å². The molecule has 1 atom stereocenters. The minimum atomic E-state index is -0.998. The van der Waals surface area contributed by atoms with Crippen LogP contribution in [0.4, 0.5) is 9.18 Å². The molecular weight excluding hydrogens is 241 g/mol. The molecule has 0 aliphatic carbocycles. The number of pyridine rings is 1. The van der Waals surface area contributed by atoms with Crippen LogP contribution in [0.2, 0.25) is 0 Å². The molecule has 1 saturated heterocycles. The number of halogens is 1. The first-order chi connectivity index (χ1) is 8.56. The molecule has 1 aromatic heterocycles. The molecule has 0 unspecified atom stereocenters. The van der Waals surface area contributed by atoms with Crippen LogP contribution in [0.5, 0.6) is 0 Å². The number of rotatable bonds is 2. The first kappa shape index (κ1) is 12.3. The highest BCUT2D eigenvalue weighted by Gasteiger charge is 2.27. The number of nitrogens with zero attached hydrogens (tertiary/aromatic N) is 2. The molecule has 7 heteroatoms. The van der Waals surface area contributed by atoms with Gasteiger partial charge in [0.2, 0.25) is 5.95 Å². The number of nitrogens with one attached hydrogen (secondary N) is 1. The van der Waals surface area contributed by atoms with Crippen LogP contribution in [0.25, 0.3) is 0 Å². The molecule has 2 amide bonds. The van der Waals surface area contributed by atoms with Gasteiger partial charge in [0.05, 0.1) is 0 Å². The second kappa shape index (κ2) is 4.99. The molecule has 0 radical (unpaired) electrons. The quantitative estimate of drug-likeness (QED) is 0.760. The molecule has 2 N–H and O–H groups in total. The van der Waals surface area contributed by atoms with Gasteiger partial charge in [-0.25, -0.2) is 9.78 Å². The van der Waals surface area contributed by atoms with Crippen molar-refractivity contribution in [1.29, 1.82) is 0 Å². The number of aromatic nitrogens is 1. The number of hydrogen-bond acceptors (Lipinski definition) is 3. The van der Waals surface area contributed by atoms with Crippen LogP contribution in [-0.2, 0) is 0 Å². The fourth-order valence-corrected chi connectivity index (χ4v) is 1.86. The Morgan fingerprint density at radius 1 is 1.56 bits per heavy atom. The monoisotopic (exact) mass is 253 g/mol. The van der Waals surface area contributed by atoms with Gasteiger partial charge in [-0.05, 0) is 12.5 Å². The van der Waals surface area contributed by atoms with Crippen molar-refractivity contribution in [3.8, 4) is 0 Å². The minimum Gasteiger partial charge on any atom is -0.465 e. The molecule has 0 spiro atoms. The molecule has 2 heterocycles. The van der Waals surface area contributed by atoms with Gasteiger partial charge >= 0.3 is 6.09 Å². The summed E-state index contributed by atoms with van der Waals surface area (Å²) in [6.07, 6.45) is 0.773. The number of amides is 2. The molecule has 2 rings (SSSR count). The van der Waals surface area contributed by atoms with Crippen molar-refractivity contribution in [3.05, 3.63) is 29.8 Å². The molecule has 0 saturated carbocycles. The van der Waals surface area contributed by atoms with Crippen LogP contribution in [0, 0.1) is 5.95 Å². The fraction of sp³-hybridized carbons (Fsp3) is 0.364. The zero-order valence-electron chi connectivity index (χ0n) is 9.47. The molecule has 1 fully saturated rings. The van der Waals surface area contributed by atoms with E-state index in [2.05, 4.69) is 10.3 Å². The summed E-state index contributed by atoms with van der Waals surface area (Å²) in [7, 11) is 0. The maximum absolute atomic E-state index is 12.8. The van der Waals surface area contributed by atoms with E-state index in [1.165, 1.54) is 17.2 Å². The predicted octanol–water partition coefficient (Wildman–Crippen LogP) is 0.703. The highest BCUT2D eigenvalue weighted by Crippen LogP contribution is 2.10. The average Bonchev–Trinajstić information content (AvgIpc) is 2.77. The van der Waals surface area contributed by atoms with Crippen LogP contribution in [0.3, 0.4) is 0 Å². The second-order valence-corrected chi connectivity index (χ2v) is 4.05. The van der Waals surface area contributed by atoms with Crippen molar-refractivity contribution in [1.82, 2.24) is 15.2 Å². The van der Waals surface area contributed by atoms with E-state index >= 15 is 0 Å². The standard InChI is InChI=1S/C11H12FN3O3/c12-9-5-7(1-3-13-9)10(16)14-8-2-4-15(6-8)11(17)18/h1,3,5,8H,2,4,6H2,(H,14,16)(H,17,18)/t8-/m1/s1. The molecular formula is C11H12FN3O3. The lowest BCUT2D eigenvalue weighted by molar-refractivity contribution is 0.0935. The fourth-order valence-electron chi connectivity index (χ4n) is 1.86. The van der Waals surface area contributed by atoms with Gasteiger partial charge in [-0.2, -0.15) is 4.39 Å². The van der Waals surface area contributed by atoms with E-state index in [9.17, 15) is 14.0 Å². The molecule has 6 nitrogen and oxygen atoms in total. The summed E-state index contributed by atoms with van der Waals surface area (Å²) in [5, 5.41) is 11.4. The molecule has 18 heavy (non-hydrogen) atoms. The average molecular weight is 253 g/mol. The maximum Gasteiger partial charge on any atom is 0.407 e. The van der Waals surface area contributed by atoms with Crippen molar-refractivity contribution in [2.24, 2.45) is 0 Å². The van der Waals surface area contributed by atoms with Gasteiger partial charge in [0.15, 0.2) is 0 Å². The summed E-state index contributed by atoms with van der Waals surface area (Å²) < 4.78 is 12.8. The van der Waals surface area contributed by atoms with Gasteiger partial charge in [-0.1, -0.05) is 0 Å². The summed E-state index contributed by atoms with van der Waals surface area (Å²) in [6, 6.07) is 2.21. The van der Waals surface area contributed by atoms with Gasteiger partial charge in [-0.3, -0.25) is 4.79 Å². The lowest BCUT2D eigenvalue weighted by Crippen LogP contribution is -2.38. The number of carboxylic acid groups (broad SMARTS) is 1. The van der Waals surface area contributed by atoms with Gasteiger partial charge in [0.25, 0.3) is 5.91 Å². The smallest absolute Gasteiger partial charge is 0.407 e. The maximum atomic E-state index is 12.8. The number of carbonyl (C=O) groups excluding carboxylic acids is 1. The van der Waals surface area contributed by atoms with Crippen LogP contribution in [0.1, 0.15) is 16.8 Å². The predicted molar refractivity (Wildman–Crippen MR) is 59.7 cm³/mol. The summed E-state index contributed by atoms with van der Waals surface area (Å²) in [4.78, 5) is 27.1. The Labute approximate surface area is 102 Å². The Balaban J connectivity index is 1.95. The topological polar surface area (TPSA) is 82.5 Å². The van der Waals surface area contributed by atoms with Crippen molar-refractivity contribution in [2.75, 3.05) is 13.1 Å². The van der Waals surface area contributed by atoms with E-state index in [-0.39, 0.29) is 18.2 Å². The number of hydrogen-bond donors (Lipinski definition) is 2. The van der Waals surface area contributed by atoms with Crippen LogP contribution >= 0.6 is 0 Å². The highest BCUT2D eigenvalue weighted by molar-refractivity contribution is 5.94. The normalized spacial score (nSPS) is 18.7. The third-order valence-electron chi connectivity index (χ3n) is 2.78. The Hall–Kier alpha value is -2.18. The Morgan fingerprint density at radius 3 is 2.94 bits per heavy atom. The summed E-state index contributed by atoms with van der Waals surface area (Å²) >= 11 is 0. The second-order valence-electron chi connectivity index (χ2n) is 4.05. The van der Waals surface area contributed by atoms with E-state index in [1.54, 1.807) is 0 Å². The summed E-state index contributed by atoms with van der Waals surface area (Å²) in [5.74, 6) is -1.14. The third kappa shape index (κ3) is 2.73. The van der Waals surface area contributed by atoms with Crippen molar-refractivity contribution in [2.45, 2.75) is 12.5 Å². The van der Waals surface area contributed by atoms with Gasteiger partial charge in [0, 0.05) is 37.0 Å².